The minimum Gasteiger partial charge on any atom is -0.340 e. The number of carbonyl (C=O) groups excluding carboxylic acids is 3. The molecule has 0 radical (unpaired) electrons. The first-order valence-electron chi connectivity index (χ1n) is 10.5. The molecule has 0 aliphatic carbocycles. The molecule has 4 aromatic rings. The topological polar surface area (TPSA) is 133 Å². The summed E-state index contributed by atoms with van der Waals surface area (Å²) >= 11 is 0. The molecule has 1 atom stereocenters. The maximum Gasteiger partial charge on any atom is 0.290 e. The fourth-order valence-electron chi connectivity index (χ4n) is 3.44. The summed E-state index contributed by atoms with van der Waals surface area (Å²) in [5, 5.41) is 9.45. The fourth-order valence-corrected chi connectivity index (χ4v) is 3.44. The maximum absolute atomic E-state index is 12.9. The molecule has 4 rings (SSSR count). The Morgan fingerprint density at radius 3 is 2.09 bits per heavy atom. The zero-order valence-corrected chi connectivity index (χ0v) is 17.9. The van der Waals surface area contributed by atoms with Gasteiger partial charge in [0.25, 0.3) is 23.3 Å². The highest BCUT2D eigenvalue weighted by Crippen LogP contribution is 2.12. The third-order valence-corrected chi connectivity index (χ3v) is 5.15. The summed E-state index contributed by atoms with van der Waals surface area (Å²) in [6.45, 7) is 0. The lowest BCUT2D eigenvalue weighted by atomic mass is 10.0. The number of benzene rings is 3. The molecule has 170 valence electrons. The summed E-state index contributed by atoms with van der Waals surface area (Å²) in [6.07, 6.45) is 0.209. The third-order valence-electron chi connectivity index (χ3n) is 5.15. The van der Waals surface area contributed by atoms with Gasteiger partial charge in [-0.15, -0.1) is 0 Å². The summed E-state index contributed by atoms with van der Waals surface area (Å²) < 4.78 is 0. The highest BCUT2D eigenvalue weighted by molar-refractivity contribution is 6.05. The van der Waals surface area contributed by atoms with E-state index in [4.69, 9.17) is 0 Å². The van der Waals surface area contributed by atoms with Crippen molar-refractivity contribution in [3.05, 3.63) is 112 Å². The number of hydrogen-bond acceptors (Lipinski definition) is 5. The molecule has 1 aromatic heterocycles. The summed E-state index contributed by atoms with van der Waals surface area (Å²) in [6, 6.07) is 23.2. The zero-order chi connectivity index (χ0) is 23.9. The van der Waals surface area contributed by atoms with Gasteiger partial charge in [-0.25, -0.2) is 5.10 Å². The molecule has 0 saturated carbocycles. The Bertz CT molecular complexity index is 1390. The van der Waals surface area contributed by atoms with Crippen LogP contribution in [0.15, 0.2) is 89.7 Å². The highest BCUT2D eigenvalue weighted by atomic mass is 16.2. The minimum absolute atomic E-state index is 0.0524. The molecular weight excluding hydrogens is 434 g/mol. The summed E-state index contributed by atoms with van der Waals surface area (Å²) in [4.78, 5) is 50.3. The van der Waals surface area contributed by atoms with Crippen LogP contribution in [-0.2, 0) is 11.2 Å². The molecule has 0 saturated heterocycles. The van der Waals surface area contributed by atoms with E-state index in [-0.39, 0.29) is 12.1 Å². The third kappa shape index (κ3) is 5.16. The number of H-pyrrole nitrogens is 1. The van der Waals surface area contributed by atoms with Gasteiger partial charge in [0.2, 0.25) is 0 Å². The number of nitrogens with one attached hydrogen (secondary N) is 4. The van der Waals surface area contributed by atoms with Crippen LogP contribution in [0, 0.1) is 0 Å². The molecular formula is C25H21N5O4. The second-order valence-electron chi connectivity index (χ2n) is 7.47. The minimum atomic E-state index is -0.962. The summed E-state index contributed by atoms with van der Waals surface area (Å²) in [5.41, 5.74) is 5.42. The van der Waals surface area contributed by atoms with E-state index in [0.29, 0.717) is 16.3 Å². The van der Waals surface area contributed by atoms with Crippen molar-refractivity contribution in [1.82, 2.24) is 26.4 Å². The van der Waals surface area contributed by atoms with E-state index in [0.717, 1.165) is 5.56 Å². The first-order chi connectivity index (χ1) is 16.5. The molecule has 1 heterocycles. The Morgan fingerprint density at radius 2 is 1.38 bits per heavy atom. The number of amides is 3. The van der Waals surface area contributed by atoms with Crippen molar-refractivity contribution in [1.29, 1.82) is 0 Å². The van der Waals surface area contributed by atoms with Crippen LogP contribution in [0.4, 0.5) is 0 Å². The Morgan fingerprint density at radius 1 is 0.765 bits per heavy atom. The molecule has 1 unspecified atom stereocenters. The molecule has 0 spiro atoms. The van der Waals surface area contributed by atoms with Gasteiger partial charge in [-0.2, -0.15) is 5.10 Å². The van der Waals surface area contributed by atoms with Gasteiger partial charge in [-0.05, 0) is 23.8 Å². The summed E-state index contributed by atoms with van der Waals surface area (Å²) in [5.74, 6) is -1.75. The van der Waals surface area contributed by atoms with Gasteiger partial charge in [0.15, 0.2) is 5.69 Å². The predicted molar refractivity (Wildman–Crippen MR) is 126 cm³/mol. The molecule has 4 N–H and O–H groups in total. The van der Waals surface area contributed by atoms with Crippen molar-refractivity contribution >= 4 is 28.5 Å². The lowest BCUT2D eigenvalue weighted by Gasteiger charge is -2.19. The van der Waals surface area contributed by atoms with Gasteiger partial charge in [-0.3, -0.25) is 30.0 Å². The highest BCUT2D eigenvalue weighted by Gasteiger charge is 2.23. The van der Waals surface area contributed by atoms with Gasteiger partial charge in [0.05, 0.1) is 5.39 Å². The number of hydrazine groups is 1. The molecule has 0 aliphatic heterocycles. The molecule has 0 bridgehead atoms. The average molecular weight is 455 g/mol. The van der Waals surface area contributed by atoms with Gasteiger partial charge in [0.1, 0.15) is 6.04 Å². The van der Waals surface area contributed by atoms with Crippen LogP contribution < -0.4 is 21.7 Å². The first-order valence-corrected chi connectivity index (χ1v) is 10.5. The largest absolute Gasteiger partial charge is 0.340 e. The van der Waals surface area contributed by atoms with Crippen LogP contribution in [0.5, 0.6) is 0 Å². The number of nitrogens with zero attached hydrogens (tertiary/aromatic N) is 1. The smallest absolute Gasteiger partial charge is 0.290 e. The van der Waals surface area contributed by atoms with Crippen LogP contribution in [-0.4, -0.2) is 34.0 Å². The average Bonchev–Trinajstić information content (AvgIpc) is 2.88. The Labute approximate surface area is 194 Å². The van der Waals surface area contributed by atoms with E-state index in [2.05, 4.69) is 26.4 Å². The van der Waals surface area contributed by atoms with E-state index < -0.39 is 29.3 Å². The van der Waals surface area contributed by atoms with E-state index >= 15 is 0 Å². The zero-order valence-electron chi connectivity index (χ0n) is 17.9. The van der Waals surface area contributed by atoms with Gasteiger partial charge in [-0.1, -0.05) is 66.7 Å². The molecule has 9 nitrogen and oxygen atoms in total. The van der Waals surface area contributed by atoms with Crippen LogP contribution in [0.25, 0.3) is 10.8 Å². The van der Waals surface area contributed by atoms with Crippen molar-refractivity contribution < 1.29 is 14.4 Å². The van der Waals surface area contributed by atoms with Gasteiger partial charge < -0.3 is 5.32 Å². The van der Waals surface area contributed by atoms with Gasteiger partial charge in [0, 0.05) is 17.4 Å². The monoisotopic (exact) mass is 455 g/mol. The standard InChI is InChI=1S/C25H21N5O4/c31-22(17-11-5-2-6-12-17)26-20(15-16-9-3-1-4-10-16)24(33)29-30-25(34)21-18-13-7-8-14-19(18)23(32)28-27-21/h1-14,20H,15H2,(H,26,31)(H,28,32)(H,29,33)(H,30,34). The van der Waals surface area contributed by atoms with Gasteiger partial charge >= 0.3 is 0 Å². The normalized spacial score (nSPS) is 11.4. The Balaban J connectivity index is 1.50. The number of aromatic amines is 1. The second-order valence-corrected chi connectivity index (χ2v) is 7.47. The SMILES string of the molecule is O=C(NC(Cc1ccccc1)C(=O)NNC(=O)c1n[nH]c(=O)c2ccccc12)c1ccccc1. The van der Waals surface area contributed by atoms with Crippen molar-refractivity contribution in [3.8, 4) is 0 Å². The van der Waals surface area contributed by atoms with Crippen molar-refractivity contribution in [2.24, 2.45) is 0 Å². The summed E-state index contributed by atoms with van der Waals surface area (Å²) in [7, 11) is 0. The first kappa shape index (κ1) is 22.4. The van der Waals surface area contributed by atoms with E-state index in [9.17, 15) is 19.2 Å². The Kier molecular flexibility index (Phi) is 6.73. The van der Waals surface area contributed by atoms with Crippen molar-refractivity contribution in [2.75, 3.05) is 0 Å². The van der Waals surface area contributed by atoms with E-state index in [1.54, 1.807) is 54.6 Å². The molecule has 34 heavy (non-hydrogen) atoms. The number of fused-ring (bicyclic) bond motifs is 1. The molecule has 0 aliphatic rings. The number of carbonyl (C=O) groups is 3. The van der Waals surface area contributed by atoms with Crippen LogP contribution in [0.1, 0.15) is 26.4 Å². The quantitative estimate of drug-likeness (QED) is 0.329. The fraction of sp³-hybridized carbons (Fsp3) is 0.0800. The predicted octanol–water partition coefficient (Wildman–Crippen LogP) is 1.73. The molecule has 3 amide bonds. The number of hydrogen-bond donors (Lipinski definition) is 4. The van der Waals surface area contributed by atoms with Crippen LogP contribution in [0.3, 0.4) is 0 Å². The lowest BCUT2D eigenvalue weighted by Crippen LogP contribution is -2.53. The number of rotatable bonds is 6. The van der Waals surface area contributed by atoms with Crippen molar-refractivity contribution in [2.45, 2.75) is 12.5 Å². The Hall–Kier alpha value is -4.79. The van der Waals surface area contributed by atoms with E-state index in [1.807, 2.05) is 30.3 Å². The van der Waals surface area contributed by atoms with Crippen molar-refractivity contribution in [3.63, 3.8) is 0 Å². The number of aromatic nitrogens is 2. The molecule has 9 heteroatoms. The lowest BCUT2D eigenvalue weighted by molar-refractivity contribution is -0.123. The second kappa shape index (κ2) is 10.2. The van der Waals surface area contributed by atoms with Crippen LogP contribution in [0.2, 0.25) is 0 Å². The van der Waals surface area contributed by atoms with Crippen LogP contribution >= 0.6 is 0 Å². The molecule has 0 fully saturated rings. The molecule has 3 aromatic carbocycles. The maximum atomic E-state index is 12.9. The van der Waals surface area contributed by atoms with E-state index in [1.165, 1.54) is 0 Å².